The topological polar surface area (TPSA) is 29.3 Å². The van der Waals surface area contributed by atoms with Crippen molar-refractivity contribution in [2.24, 2.45) is 0 Å². The lowest BCUT2D eigenvalue weighted by molar-refractivity contribution is 0.620. The van der Waals surface area contributed by atoms with Crippen LogP contribution in [0.3, 0.4) is 0 Å². The van der Waals surface area contributed by atoms with E-state index in [0.29, 0.717) is 5.89 Å². The summed E-state index contributed by atoms with van der Waals surface area (Å²) >= 11 is 0. The van der Waals surface area contributed by atoms with E-state index in [1.165, 1.54) is 33.0 Å². The molecule has 3 nitrogen and oxygen atoms in total. The van der Waals surface area contributed by atoms with E-state index in [2.05, 4.69) is 248 Å². The van der Waals surface area contributed by atoms with Gasteiger partial charge in [-0.2, -0.15) is 0 Å². The summed E-state index contributed by atoms with van der Waals surface area (Å²) in [6.45, 7) is 0. The second-order valence-corrected chi connectivity index (χ2v) is 16.7. The Kier molecular flexibility index (Phi) is 9.85. The molecule has 0 N–H and O–H groups in total. The number of fused-ring (bicyclic) bond motifs is 4. The largest absolute Gasteiger partial charge is 0.436 e. The molecule has 0 amide bonds. The summed E-state index contributed by atoms with van der Waals surface area (Å²) in [5.74, 6) is 0.605. The SMILES string of the molecule is c1ccc(-c2ccc(-c3nc4c(ccc5cccc(-c6ccccc6-c6cccc(N(c7ccc(-c8ccccc8)cc7)c7ccccc7-c7cccc8ccccc78)c6)c54)o3)cc2)cc1. The third-order valence-electron chi connectivity index (χ3n) is 12.7. The molecule has 12 rings (SSSR count). The highest BCUT2D eigenvalue weighted by Crippen LogP contribution is 2.45. The number of aromatic nitrogens is 1. The molecule has 12 aromatic rings. The van der Waals surface area contributed by atoms with Gasteiger partial charge < -0.3 is 9.32 Å². The summed E-state index contributed by atoms with van der Waals surface area (Å²) < 4.78 is 6.52. The number of oxazole rings is 1. The van der Waals surface area contributed by atoms with Crippen LogP contribution in [0.5, 0.6) is 0 Å². The minimum absolute atomic E-state index is 0.605. The van der Waals surface area contributed by atoms with Crippen molar-refractivity contribution in [3.8, 4) is 67.1 Å². The first-order chi connectivity index (χ1) is 32.7. The van der Waals surface area contributed by atoms with Crippen LogP contribution in [0.15, 0.2) is 259 Å². The first-order valence-corrected chi connectivity index (χ1v) is 22.4. The Bertz CT molecular complexity index is 3680. The monoisotopic (exact) mass is 842 g/mol. The molecule has 0 aliphatic heterocycles. The van der Waals surface area contributed by atoms with Crippen LogP contribution in [0.1, 0.15) is 0 Å². The summed E-state index contributed by atoms with van der Waals surface area (Å²) in [6.07, 6.45) is 0. The number of hydrogen-bond donors (Lipinski definition) is 0. The fourth-order valence-electron chi connectivity index (χ4n) is 9.55. The van der Waals surface area contributed by atoms with Gasteiger partial charge in [-0.05, 0) is 115 Å². The maximum Gasteiger partial charge on any atom is 0.227 e. The zero-order valence-corrected chi connectivity index (χ0v) is 36.1. The highest BCUT2D eigenvalue weighted by atomic mass is 16.3. The molecule has 1 aromatic heterocycles. The Morgan fingerprint density at radius 3 is 1.61 bits per heavy atom. The lowest BCUT2D eigenvalue weighted by Crippen LogP contribution is -2.11. The van der Waals surface area contributed by atoms with Gasteiger partial charge in [-0.1, -0.05) is 206 Å². The molecule has 0 aliphatic carbocycles. The summed E-state index contributed by atoms with van der Waals surface area (Å²) in [6, 6.07) is 90.8. The molecular weight excluding hydrogens is 801 g/mol. The molecule has 0 atom stereocenters. The third kappa shape index (κ3) is 7.10. The summed E-state index contributed by atoms with van der Waals surface area (Å²) in [4.78, 5) is 7.62. The number of nitrogens with zero attached hydrogens (tertiary/aromatic N) is 2. The molecule has 0 radical (unpaired) electrons. The van der Waals surface area contributed by atoms with Gasteiger partial charge in [-0.15, -0.1) is 0 Å². The second kappa shape index (κ2) is 16.7. The molecule has 0 unspecified atom stereocenters. The lowest BCUT2D eigenvalue weighted by Gasteiger charge is -2.29. The van der Waals surface area contributed by atoms with Gasteiger partial charge in [0.25, 0.3) is 0 Å². The molecule has 1 heterocycles. The smallest absolute Gasteiger partial charge is 0.227 e. The van der Waals surface area contributed by atoms with E-state index in [1.807, 2.05) is 12.1 Å². The molecule has 0 fully saturated rings. The maximum atomic E-state index is 6.52. The fourth-order valence-corrected chi connectivity index (χ4v) is 9.55. The van der Waals surface area contributed by atoms with E-state index >= 15 is 0 Å². The molecule has 0 spiro atoms. The van der Waals surface area contributed by atoms with E-state index < -0.39 is 0 Å². The van der Waals surface area contributed by atoms with Gasteiger partial charge in [0.1, 0.15) is 5.52 Å². The van der Waals surface area contributed by atoms with Crippen molar-refractivity contribution in [3.05, 3.63) is 255 Å². The standard InChI is InChI=1S/C63H42N2O/c1-3-16-43(17-4-1)45-32-34-49(35-33-45)63-64-62-60(66-63)41-38-48-22-15-30-58(61(48)62)56-27-10-9-26-54(56)50-23-13-24-52(42-50)65(51-39-36-46(37-40-51)44-18-5-2-6-19-44)59-31-12-11-28-57(59)55-29-14-21-47-20-7-8-25-53(47)55/h1-42H. The van der Waals surface area contributed by atoms with Crippen LogP contribution in [-0.2, 0) is 0 Å². The number of anilines is 3. The number of para-hydroxylation sites is 1. The van der Waals surface area contributed by atoms with Gasteiger partial charge in [-0.3, -0.25) is 0 Å². The van der Waals surface area contributed by atoms with Crippen molar-refractivity contribution in [3.63, 3.8) is 0 Å². The molecule has 0 saturated carbocycles. The highest BCUT2D eigenvalue weighted by molar-refractivity contribution is 6.13. The van der Waals surface area contributed by atoms with Gasteiger partial charge in [-0.25, -0.2) is 4.98 Å². The maximum absolute atomic E-state index is 6.52. The average molecular weight is 843 g/mol. The highest BCUT2D eigenvalue weighted by Gasteiger charge is 2.21. The van der Waals surface area contributed by atoms with Crippen molar-refractivity contribution in [2.45, 2.75) is 0 Å². The molecule has 0 saturated heterocycles. The van der Waals surface area contributed by atoms with Crippen LogP contribution < -0.4 is 4.90 Å². The van der Waals surface area contributed by atoms with Gasteiger partial charge in [0, 0.05) is 27.9 Å². The van der Waals surface area contributed by atoms with Crippen molar-refractivity contribution in [1.29, 1.82) is 0 Å². The molecule has 66 heavy (non-hydrogen) atoms. The predicted molar refractivity (Wildman–Crippen MR) is 276 cm³/mol. The van der Waals surface area contributed by atoms with Crippen LogP contribution in [0, 0.1) is 0 Å². The Morgan fingerprint density at radius 1 is 0.318 bits per heavy atom. The van der Waals surface area contributed by atoms with Crippen LogP contribution in [0.25, 0.3) is 99.7 Å². The van der Waals surface area contributed by atoms with Crippen molar-refractivity contribution >= 4 is 49.7 Å². The predicted octanol–water partition coefficient (Wildman–Crippen LogP) is 17.6. The Morgan fingerprint density at radius 2 is 0.848 bits per heavy atom. The van der Waals surface area contributed by atoms with Gasteiger partial charge in [0.05, 0.1) is 5.69 Å². The van der Waals surface area contributed by atoms with Gasteiger partial charge in [0.2, 0.25) is 5.89 Å². The van der Waals surface area contributed by atoms with Crippen molar-refractivity contribution < 1.29 is 4.42 Å². The normalized spacial score (nSPS) is 11.3. The molecule has 0 aliphatic rings. The van der Waals surface area contributed by atoms with E-state index in [9.17, 15) is 0 Å². The number of rotatable bonds is 9. The first kappa shape index (κ1) is 38.9. The second-order valence-electron chi connectivity index (χ2n) is 16.7. The molecular formula is C63H42N2O. The minimum atomic E-state index is 0.605. The molecule has 0 bridgehead atoms. The molecule has 310 valence electrons. The summed E-state index contributed by atoms with van der Waals surface area (Å²) in [7, 11) is 0. The van der Waals surface area contributed by atoms with Crippen LogP contribution in [0.4, 0.5) is 17.1 Å². The van der Waals surface area contributed by atoms with E-state index in [-0.39, 0.29) is 0 Å². The fraction of sp³-hybridized carbons (Fsp3) is 0. The number of benzene rings is 11. The van der Waals surface area contributed by atoms with Crippen LogP contribution in [-0.4, -0.2) is 4.98 Å². The number of hydrogen-bond acceptors (Lipinski definition) is 3. The van der Waals surface area contributed by atoms with Gasteiger partial charge >= 0.3 is 0 Å². The quantitative estimate of drug-likeness (QED) is 0.145. The van der Waals surface area contributed by atoms with Crippen LogP contribution in [0.2, 0.25) is 0 Å². The summed E-state index contributed by atoms with van der Waals surface area (Å²) in [5.41, 5.74) is 17.3. The van der Waals surface area contributed by atoms with Crippen LogP contribution >= 0.6 is 0 Å². The average Bonchev–Trinajstić information content (AvgIpc) is 3.85. The zero-order chi connectivity index (χ0) is 43.8. The Hall–Kier alpha value is -8.79. The van der Waals surface area contributed by atoms with E-state index in [1.54, 1.807) is 0 Å². The summed E-state index contributed by atoms with van der Waals surface area (Å²) in [5, 5.41) is 4.61. The van der Waals surface area contributed by atoms with E-state index in [0.717, 1.165) is 77.9 Å². The van der Waals surface area contributed by atoms with Gasteiger partial charge in [0.15, 0.2) is 5.58 Å². The molecule has 11 aromatic carbocycles. The Labute approximate surface area is 384 Å². The zero-order valence-electron chi connectivity index (χ0n) is 36.1. The van der Waals surface area contributed by atoms with Crippen molar-refractivity contribution in [2.75, 3.05) is 4.90 Å². The Balaban J connectivity index is 0.988. The first-order valence-electron chi connectivity index (χ1n) is 22.4. The lowest BCUT2D eigenvalue weighted by atomic mass is 9.90. The van der Waals surface area contributed by atoms with Crippen molar-refractivity contribution in [1.82, 2.24) is 4.98 Å². The molecule has 3 heteroatoms. The van der Waals surface area contributed by atoms with E-state index in [4.69, 9.17) is 9.40 Å². The minimum Gasteiger partial charge on any atom is -0.436 e. The third-order valence-corrected chi connectivity index (χ3v) is 12.7.